The van der Waals surface area contributed by atoms with Crippen molar-refractivity contribution < 1.29 is 23.5 Å². The largest absolute Gasteiger partial charge is 0.465 e. The van der Waals surface area contributed by atoms with Crippen molar-refractivity contribution in [2.75, 3.05) is 19.7 Å². The summed E-state index contributed by atoms with van der Waals surface area (Å²) in [6.07, 6.45) is 4.22. The normalized spacial score (nSPS) is 22.5. The molecule has 2 unspecified atom stereocenters. The maximum atomic E-state index is 12.0. The van der Waals surface area contributed by atoms with Crippen LogP contribution in [0.4, 0.5) is 0 Å². The highest BCUT2D eigenvalue weighted by Crippen LogP contribution is 2.10. The molecular formula is C15H19NO5. The molecule has 6 nitrogen and oxygen atoms in total. The van der Waals surface area contributed by atoms with Gasteiger partial charge in [-0.1, -0.05) is 0 Å². The lowest BCUT2D eigenvalue weighted by molar-refractivity contribution is -0.154. The average molecular weight is 293 g/mol. The number of ether oxygens (including phenoxy) is 2. The molecule has 1 saturated heterocycles. The van der Waals surface area contributed by atoms with Gasteiger partial charge in [-0.05, 0) is 32.1 Å². The number of carbonyl (C=O) groups excluding carboxylic acids is 2. The fraction of sp³-hybridized carbons (Fsp3) is 0.467. The molecule has 6 heteroatoms. The summed E-state index contributed by atoms with van der Waals surface area (Å²) in [5, 5.41) is 0. The first-order chi connectivity index (χ1) is 10.0. The maximum Gasteiger partial charge on any atom is 0.331 e. The summed E-state index contributed by atoms with van der Waals surface area (Å²) < 4.78 is 15.5. The van der Waals surface area contributed by atoms with Gasteiger partial charge in [0.25, 0.3) is 5.91 Å². The van der Waals surface area contributed by atoms with Crippen LogP contribution in [0, 0.1) is 0 Å². The van der Waals surface area contributed by atoms with Crippen molar-refractivity contribution in [2.24, 2.45) is 0 Å². The highest BCUT2D eigenvalue weighted by atomic mass is 16.5. The van der Waals surface area contributed by atoms with E-state index in [0.717, 1.165) is 0 Å². The first-order valence-electron chi connectivity index (χ1n) is 6.86. The Bertz CT molecular complexity index is 498. The van der Waals surface area contributed by atoms with Gasteiger partial charge >= 0.3 is 5.97 Å². The Balaban J connectivity index is 1.77. The topological polar surface area (TPSA) is 69.0 Å². The summed E-state index contributed by atoms with van der Waals surface area (Å²) in [5.41, 5.74) is 0. The quantitative estimate of drug-likeness (QED) is 0.621. The number of hydrogen-bond acceptors (Lipinski definition) is 5. The minimum absolute atomic E-state index is 0.00718. The third-order valence-electron chi connectivity index (χ3n) is 3.04. The molecule has 1 aromatic rings. The fourth-order valence-electron chi connectivity index (χ4n) is 2.19. The second kappa shape index (κ2) is 7.08. The van der Waals surface area contributed by atoms with Crippen LogP contribution in [-0.4, -0.2) is 48.7 Å². The van der Waals surface area contributed by atoms with Gasteiger partial charge in [0, 0.05) is 19.2 Å². The van der Waals surface area contributed by atoms with Gasteiger partial charge in [-0.3, -0.25) is 4.79 Å². The zero-order valence-corrected chi connectivity index (χ0v) is 12.2. The van der Waals surface area contributed by atoms with Gasteiger partial charge in [0.1, 0.15) is 5.76 Å². The van der Waals surface area contributed by atoms with Crippen LogP contribution in [0.15, 0.2) is 28.9 Å². The highest BCUT2D eigenvalue weighted by molar-refractivity contribution is 5.88. The van der Waals surface area contributed by atoms with Crippen LogP contribution in [0.2, 0.25) is 0 Å². The molecule has 2 atom stereocenters. The summed E-state index contributed by atoms with van der Waals surface area (Å²) in [6, 6.07) is 3.43. The molecule has 1 aliphatic rings. The molecule has 0 N–H and O–H groups in total. The summed E-state index contributed by atoms with van der Waals surface area (Å²) >= 11 is 0. The molecule has 2 heterocycles. The lowest BCUT2D eigenvalue weighted by Gasteiger charge is -2.35. The molecule has 2 rings (SSSR count). The van der Waals surface area contributed by atoms with E-state index in [1.807, 2.05) is 13.8 Å². The van der Waals surface area contributed by atoms with Gasteiger partial charge in [-0.15, -0.1) is 0 Å². The zero-order chi connectivity index (χ0) is 15.2. The van der Waals surface area contributed by atoms with Crippen molar-refractivity contribution in [3.63, 3.8) is 0 Å². The molecular weight excluding hydrogens is 274 g/mol. The molecule has 1 fully saturated rings. The molecule has 0 spiro atoms. The number of hydrogen-bond donors (Lipinski definition) is 0. The van der Waals surface area contributed by atoms with Gasteiger partial charge in [0.2, 0.25) is 0 Å². The van der Waals surface area contributed by atoms with Crippen LogP contribution in [0.1, 0.15) is 19.6 Å². The summed E-state index contributed by atoms with van der Waals surface area (Å²) in [5.74, 6) is -0.236. The highest BCUT2D eigenvalue weighted by Gasteiger charge is 2.26. The first-order valence-corrected chi connectivity index (χ1v) is 6.86. The van der Waals surface area contributed by atoms with Crippen molar-refractivity contribution in [1.29, 1.82) is 0 Å². The van der Waals surface area contributed by atoms with Gasteiger partial charge < -0.3 is 18.8 Å². The number of carbonyl (C=O) groups is 2. The van der Waals surface area contributed by atoms with Crippen molar-refractivity contribution in [3.05, 3.63) is 30.2 Å². The van der Waals surface area contributed by atoms with Crippen molar-refractivity contribution in [1.82, 2.24) is 4.90 Å². The molecule has 0 aliphatic carbocycles. The second-order valence-corrected chi connectivity index (χ2v) is 5.01. The van der Waals surface area contributed by atoms with Gasteiger partial charge in [0.05, 0.1) is 18.5 Å². The van der Waals surface area contributed by atoms with E-state index in [-0.39, 0.29) is 24.7 Å². The molecule has 0 saturated carbocycles. The molecule has 1 aromatic heterocycles. The molecule has 0 bridgehead atoms. The lowest BCUT2D eigenvalue weighted by Crippen LogP contribution is -2.49. The zero-order valence-electron chi connectivity index (χ0n) is 12.2. The minimum Gasteiger partial charge on any atom is -0.465 e. The van der Waals surface area contributed by atoms with Crippen LogP contribution in [0.25, 0.3) is 6.08 Å². The van der Waals surface area contributed by atoms with E-state index in [1.165, 1.54) is 18.4 Å². The third-order valence-corrected chi connectivity index (χ3v) is 3.04. The molecule has 1 amide bonds. The minimum atomic E-state index is -0.575. The van der Waals surface area contributed by atoms with E-state index in [0.29, 0.717) is 18.8 Å². The first kappa shape index (κ1) is 15.3. The number of esters is 1. The van der Waals surface area contributed by atoms with Crippen LogP contribution in [-0.2, 0) is 19.1 Å². The Morgan fingerprint density at radius 1 is 1.38 bits per heavy atom. The molecule has 1 aliphatic heterocycles. The number of morpholine rings is 1. The predicted molar refractivity (Wildman–Crippen MR) is 75.3 cm³/mol. The number of rotatable bonds is 4. The van der Waals surface area contributed by atoms with E-state index >= 15 is 0 Å². The van der Waals surface area contributed by atoms with Crippen molar-refractivity contribution >= 4 is 18.0 Å². The summed E-state index contributed by atoms with van der Waals surface area (Å²) in [7, 11) is 0. The third kappa shape index (κ3) is 4.75. The Morgan fingerprint density at radius 3 is 2.71 bits per heavy atom. The van der Waals surface area contributed by atoms with Gasteiger partial charge in [-0.25, -0.2) is 4.79 Å². The maximum absolute atomic E-state index is 12.0. The molecule has 114 valence electrons. The Hall–Kier alpha value is -2.08. The van der Waals surface area contributed by atoms with E-state index < -0.39 is 5.97 Å². The SMILES string of the molecule is CC1CN(C(=O)COC(=O)C=Cc2ccco2)CC(C)O1. The second-order valence-electron chi connectivity index (χ2n) is 5.01. The molecule has 21 heavy (non-hydrogen) atoms. The Kier molecular flexibility index (Phi) is 5.16. The molecule has 0 radical (unpaired) electrons. The van der Waals surface area contributed by atoms with E-state index in [2.05, 4.69) is 0 Å². The summed E-state index contributed by atoms with van der Waals surface area (Å²) in [4.78, 5) is 25.1. The average Bonchev–Trinajstić information content (AvgIpc) is 2.94. The van der Waals surface area contributed by atoms with Crippen LogP contribution in [0.3, 0.4) is 0 Å². The Labute approximate surface area is 123 Å². The smallest absolute Gasteiger partial charge is 0.331 e. The van der Waals surface area contributed by atoms with Gasteiger partial charge in [0.15, 0.2) is 6.61 Å². The predicted octanol–water partition coefficient (Wildman–Crippen LogP) is 1.47. The number of amides is 1. The van der Waals surface area contributed by atoms with Crippen LogP contribution < -0.4 is 0 Å². The lowest BCUT2D eigenvalue weighted by atomic mass is 10.2. The monoisotopic (exact) mass is 293 g/mol. The Morgan fingerprint density at radius 2 is 2.10 bits per heavy atom. The van der Waals surface area contributed by atoms with Crippen LogP contribution in [0.5, 0.6) is 0 Å². The van der Waals surface area contributed by atoms with Crippen LogP contribution >= 0.6 is 0 Å². The van der Waals surface area contributed by atoms with E-state index in [9.17, 15) is 9.59 Å². The van der Waals surface area contributed by atoms with E-state index in [4.69, 9.17) is 13.9 Å². The summed E-state index contributed by atoms with van der Waals surface area (Å²) in [6.45, 7) is 4.59. The number of nitrogens with zero attached hydrogens (tertiary/aromatic N) is 1. The standard InChI is InChI=1S/C15H19NO5/c1-11-8-16(9-12(2)21-11)14(17)10-20-15(18)6-5-13-4-3-7-19-13/h3-7,11-12H,8-10H2,1-2H3. The fourth-order valence-corrected chi connectivity index (χ4v) is 2.19. The van der Waals surface area contributed by atoms with Gasteiger partial charge in [-0.2, -0.15) is 0 Å². The van der Waals surface area contributed by atoms with Crippen molar-refractivity contribution in [2.45, 2.75) is 26.1 Å². The van der Waals surface area contributed by atoms with Crippen molar-refractivity contribution in [3.8, 4) is 0 Å². The van der Waals surface area contributed by atoms with E-state index in [1.54, 1.807) is 17.0 Å². The number of furan rings is 1. The molecule has 0 aromatic carbocycles.